The third kappa shape index (κ3) is 9.17. The second-order valence-corrected chi connectivity index (χ2v) is 18.6. The second-order valence-electron chi connectivity index (χ2n) is 14.3. The fraction of sp³-hybridized carbons (Fsp3) is 0.611. The maximum absolute atomic E-state index is 16.0. The average molecular weight is 751 g/mol. The third-order valence-electron chi connectivity index (χ3n) is 10.1. The summed E-state index contributed by atoms with van der Waals surface area (Å²) in [4.78, 5) is 25.2. The summed E-state index contributed by atoms with van der Waals surface area (Å²) in [7, 11) is -5.87. The summed E-state index contributed by atoms with van der Waals surface area (Å²) in [5.41, 5.74) is 0.753. The monoisotopic (exact) mass is 750 g/mol. The van der Waals surface area contributed by atoms with Gasteiger partial charge in [0.25, 0.3) is 0 Å². The van der Waals surface area contributed by atoms with E-state index in [1.54, 1.807) is 35.7 Å². The van der Waals surface area contributed by atoms with Crippen LogP contribution in [0.15, 0.2) is 59.5 Å². The van der Waals surface area contributed by atoms with Crippen LogP contribution in [0.1, 0.15) is 51.5 Å². The zero-order chi connectivity index (χ0) is 36.2. The van der Waals surface area contributed by atoms with Gasteiger partial charge in [-0.1, -0.05) is 44.2 Å². The molecule has 2 aromatic rings. The van der Waals surface area contributed by atoms with Gasteiger partial charge >= 0.3 is 13.7 Å². The Hall–Kier alpha value is -2.52. The number of carbonyl (C=O) groups is 1. The molecule has 3 fully saturated rings. The Morgan fingerprint density at radius 3 is 2.59 bits per heavy atom. The molecule has 4 unspecified atom stereocenters. The molecule has 15 heteroatoms. The number of methoxy groups -OCH3 is 1. The number of alkyl carbamates (subject to hydrolysis) is 1. The van der Waals surface area contributed by atoms with Crippen LogP contribution in [0.3, 0.4) is 0 Å². The first-order chi connectivity index (χ1) is 24.4. The molecule has 1 amide bonds. The lowest BCUT2D eigenvalue weighted by atomic mass is 9.82. The van der Waals surface area contributed by atoms with Gasteiger partial charge in [0.05, 0.1) is 60.8 Å². The number of hydrogen-bond donors (Lipinski definition) is 3. The highest BCUT2D eigenvalue weighted by Crippen LogP contribution is 2.44. The lowest BCUT2D eigenvalue weighted by Crippen LogP contribution is -2.51. The van der Waals surface area contributed by atoms with E-state index in [9.17, 15) is 19.4 Å². The quantitative estimate of drug-likeness (QED) is 0.206. The molecule has 0 aromatic heterocycles. The summed E-state index contributed by atoms with van der Waals surface area (Å²) in [6.07, 6.45) is -1.25. The Kier molecular flexibility index (Phi) is 12.5. The minimum Gasteiger partial charge on any atom is -0.497 e. The smallest absolute Gasteiger partial charge is 0.407 e. The summed E-state index contributed by atoms with van der Waals surface area (Å²) in [5, 5.41) is 14.8. The standard InChI is InChI=1S/C36H51N2O11PS/c1-24(2)19-38-20-31(39)30(37-36(40)49-33-22-46-35-29(33)15-16-45-35)17-26-9-14-32(47-23-50(41,42)48-21-25-7-5-4-6-8-25)34(18-26)51(38,43)28-12-10-27(44-3)11-13-28/h4-8,10-13,24,26,29-33,35,39H,9,14-23H2,1-3H3,(H,37,40)(H,41,42)/t26?,29-,30-,31+,32?,33-,35+,51?/m0/s1. The van der Waals surface area contributed by atoms with Crippen molar-refractivity contribution in [1.82, 2.24) is 9.62 Å². The number of hydrogen-bond acceptors (Lipinski definition) is 10. The molecule has 282 valence electrons. The fourth-order valence-corrected chi connectivity index (χ4v) is 11.6. The van der Waals surface area contributed by atoms with Crippen LogP contribution in [0.4, 0.5) is 4.79 Å². The Morgan fingerprint density at radius 1 is 1.10 bits per heavy atom. The molecule has 4 aliphatic rings. The number of amides is 1. The lowest BCUT2D eigenvalue weighted by molar-refractivity contribution is -0.0907. The van der Waals surface area contributed by atoms with E-state index < -0.39 is 54.1 Å². The molecule has 3 heterocycles. The van der Waals surface area contributed by atoms with Crippen molar-refractivity contribution in [2.45, 2.75) is 88.1 Å². The predicted octanol–water partition coefficient (Wildman–Crippen LogP) is 4.55. The predicted molar refractivity (Wildman–Crippen MR) is 191 cm³/mol. The SMILES string of the molecule is COc1ccc(S2(=O)=C3CC(CCC3OCP(=O)(O)OCc3ccccc3)C[C@H](NC(=O)O[C@H]3CO[C@H]4OCC[C@H]43)[C@H](O)CN2CC(C)C)cc1. The molecule has 0 radical (unpaired) electrons. The van der Waals surface area contributed by atoms with E-state index in [-0.39, 0.29) is 43.8 Å². The number of rotatable bonds is 12. The van der Waals surface area contributed by atoms with Crippen LogP contribution in [-0.4, -0.2) is 99.9 Å². The summed E-state index contributed by atoms with van der Waals surface area (Å²) in [6.45, 7) is 5.13. The van der Waals surface area contributed by atoms with Gasteiger partial charge in [-0.15, -0.1) is 0 Å². The van der Waals surface area contributed by atoms with Crippen molar-refractivity contribution in [3.63, 3.8) is 0 Å². The van der Waals surface area contributed by atoms with Crippen LogP contribution in [0.25, 0.3) is 0 Å². The lowest BCUT2D eigenvalue weighted by Gasteiger charge is -2.37. The van der Waals surface area contributed by atoms with Crippen molar-refractivity contribution in [2.24, 2.45) is 17.8 Å². The van der Waals surface area contributed by atoms with Crippen molar-refractivity contribution >= 4 is 28.3 Å². The maximum atomic E-state index is 16.0. The molecule has 3 N–H and O–H groups in total. The van der Waals surface area contributed by atoms with E-state index in [4.69, 9.17) is 28.2 Å². The molecule has 6 rings (SSSR count). The van der Waals surface area contributed by atoms with E-state index in [1.807, 2.05) is 44.2 Å². The maximum Gasteiger partial charge on any atom is 0.407 e. The van der Waals surface area contributed by atoms with Gasteiger partial charge in [-0.3, -0.25) is 4.57 Å². The van der Waals surface area contributed by atoms with E-state index >= 15 is 4.21 Å². The summed E-state index contributed by atoms with van der Waals surface area (Å²) >= 11 is 0. The van der Waals surface area contributed by atoms with Crippen LogP contribution in [-0.2, 0) is 44.4 Å². The van der Waals surface area contributed by atoms with E-state index in [0.29, 0.717) is 54.3 Å². The Bertz CT molecular complexity index is 1650. The van der Waals surface area contributed by atoms with Gasteiger partial charge in [-0.25, -0.2) is 13.3 Å². The normalized spacial score (nSPS) is 32.4. The van der Waals surface area contributed by atoms with Crippen LogP contribution >= 0.6 is 7.60 Å². The molecule has 0 spiro atoms. The Labute approximate surface area is 300 Å². The molecule has 9 atom stereocenters. The Balaban J connectivity index is 1.29. The number of aliphatic hydroxyl groups is 1. The van der Waals surface area contributed by atoms with Gasteiger partial charge in [0.2, 0.25) is 0 Å². The molecule has 51 heavy (non-hydrogen) atoms. The van der Waals surface area contributed by atoms with Crippen LogP contribution < -0.4 is 10.1 Å². The van der Waals surface area contributed by atoms with Crippen LogP contribution in [0.5, 0.6) is 5.75 Å². The fourth-order valence-electron chi connectivity index (χ4n) is 7.50. The summed E-state index contributed by atoms with van der Waals surface area (Å²) in [6, 6.07) is 15.5. The van der Waals surface area contributed by atoms with E-state index in [0.717, 1.165) is 12.0 Å². The highest BCUT2D eigenvalue weighted by atomic mass is 32.2. The van der Waals surface area contributed by atoms with Gasteiger partial charge in [0, 0.05) is 22.8 Å². The molecular formula is C36H51N2O11PS. The molecule has 1 aliphatic carbocycles. The van der Waals surface area contributed by atoms with Crippen molar-refractivity contribution in [2.75, 3.05) is 39.8 Å². The minimum absolute atomic E-state index is 0.0132. The average Bonchev–Trinajstić information content (AvgIpc) is 3.75. The number of ether oxygens (including phenoxy) is 5. The zero-order valence-electron chi connectivity index (χ0n) is 29.5. The van der Waals surface area contributed by atoms with Gasteiger partial charge < -0.3 is 43.5 Å². The number of β-amino-alcohol motifs (C(OH)–C–C–N with tert-alkyl or cyclic N) is 1. The molecule has 3 aliphatic heterocycles. The summed E-state index contributed by atoms with van der Waals surface area (Å²) in [5.74, 6) is 0.556. The molecule has 2 saturated heterocycles. The van der Waals surface area contributed by atoms with Crippen molar-refractivity contribution < 1.29 is 51.8 Å². The number of aliphatic hydroxyl groups excluding tert-OH is 1. The van der Waals surface area contributed by atoms with Crippen molar-refractivity contribution in [3.05, 3.63) is 60.2 Å². The van der Waals surface area contributed by atoms with Crippen molar-refractivity contribution in [1.29, 1.82) is 0 Å². The molecular weight excluding hydrogens is 699 g/mol. The van der Waals surface area contributed by atoms with Gasteiger partial charge in [0.15, 0.2) is 6.29 Å². The van der Waals surface area contributed by atoms with E-state index in [2.05, 4.69) is 5.32 Å². The molecule has 1 saturated carbocycles. The number of nitrogens with zero attached hydrogens (tertiary/aromatic N) is 1. The van der Waals surface area contributed by atoms with Crippen LogP contribution in [0, 0.1) is 17.8 Å². The first-order valence-corrected chi connectivity index (χ1v) is 21.0. The van der Waals surface area contributed by atoms with Gasteiger partial charge in [0.1, 0.15) is 18.2 Å². The molecule has 2 bridgehead atoms. The van der Waals surface area contributed by atoms with Crippen molar-refractivity contribution in [3.8, 4) is 5.75 Å². The number of carbonyl (C=O) groups excluding carboxylic acids is 1. The van der Waals surface area contributed by atoms with Crippen LogP contribution in [0.2, 0.25) is 0 Å². The third-order valence-corrected chi connectivity index (χ3v) is 14.1. The van der Waals surface area contributed by atoms with E-state index in [1.165, 1.54) is 0 Å². The first kappa shape index (κ1) is 38.2. The molecule has 2 aromatic carbocycles. The Morgan fingerprint density at radius 2 is 1.86 bits per heavy atom. The topological polar surface area (TPSA) is 162 Å². The first-order valence-electron chi connectivity index (χ1n) is 17.7. The zero-order valence-corrected chi connectivity index (χ0v) is 31.2. The molecule has 13 nitrogen and oxygen atoms in total. The number of fused-ring (bicyclic) bond motifs is 3. The number of nitrogens with one attached hydrogen (secondary N) is 1. The highest BCUT2D eigenvalue weighted by Gasteiger charge is 2.45. The van der Waals surface area contributed by atoms with Gasteiger partial charge in [-0.2, -0.15) is 0 Å². The minimum atomic E-state index is -4.18. The van der Waals surface area contributed by atoms with Gasteiger partial charge in [-0.05, 0) is 73.8 Å². The number of benzene rings is 2. The highest BCUT2D eigenvalue weighted by molar-refractivity contribution is 8.00. The summed E-state index contributed by atoms with van der Waals surface area (Å²) < 4.78 is 65.0. The largest absolute Gasteiger partial charge is 0.497 e. The second kappa shape index (κ2) is 16.7.